The smallest absolute Gasteiger partial charge is 0.182 e. The Morgan fingerprint density at radius 3 is 2.33 bits per heavy atom. The van der Waals surface area contributed by atoms with Crippen LogP contribution in [-0.2, 0) is 14.6 Å². The molecule has 0 atom stereocenters. The minimum Gasteiger partial charge on any atom is -0.295 e. The maximum Gasteiger partial charge on any atom is 0.182 e. The van der Waals surface area contributed by atoms with Crippen molar-refractivity contribution in [2.45, 2.75) is 50.8 Å². The summed E-state index contributed by atoms with van der Waals surface area (Å²) in [7, 11) is -3.44. The molecule has 0 heterocycles. The van der Waals surface area contributed by atoms with Crippen molar-refractivity contribution < 1.29 is 13.2 Å². The van der Waals surface area contributed by atoms with Gasteiger partial charge in [0.15, 0.2) is 15.6 Å². The van der Waals surface area contributed by atoms with Crippen molar-refractivity contribution in [2.75, 3.05) is 5.75 Å². The van der Waals surface area contributed by atoms with E-state index in [0.717, 1.165) is 25.7 Å². The molecule has 0 fully saturated rings. The van der Waals surface area contributed by atoms with Gasteiger partial charge in [0.05, 0.1) is 10.6 Å². The number of hydrogen-bond donors (Lipinski definition) is 0. The Hall–Kier alpha value is -1.42. The van der Waals surface area contributed by atoms with Crippen molar-refractivity contribution >= 4 is 15.6 Å². The van der Waals surface area contributed by atoms with Gasteiger partial charge < -0.3 is 0 Å². The topological polar surface area (TPSA) is 51.2 Å². The first kappa shape index (κ1) is 17.6. The minimum atomic E-state index is -3.44. The molecular formula is C17H24O3S. The summed E-state index contributed by atoms with van der Waals surface area (Å²) in [4.78, 5) is 11.9. The van der Waals surface area contributed by atoms with Gasteiger partial charge in [-0.05, 0) is 31.9 Å². The van der Waals surface area contributed by atoms with Crippen molar-refractivity contribution in [3.05, 3.63) is 42.0 Å². The Kier molecular flexibility index (Phi) is 7.37. The Morgan fingerprint density at radius 2 is 1.76 bits per heavy atom. The lowest BCUT2D eigenvalue weighted by atomic mass is 10.1. The summed E-state index contributed by atoms with van der Waals surface area (Å²) in [5.74, 6) is -0.370. The maximum atomic E-state index is 12.3. The molecule has 1 rings (SSSR count). The highest BCUT2D eigenvalue weighted by Gasteiger charge is 2.18. The van der Waals surface area contributed by atoms with E-state index in [2.05, 4.69) is 6.92 Å². The van der Waals surface area contributed by atoms with Crippen molar-refractivity contribution in [1.82, 2.24) is 0 Å². The van der Waals surface area contributed by atoms with Gasteiger partial charge in [0, 0.05) is 5.57 Å². The lowest BCUT2D eigenvalue weighted by molar-refractivity contribution is -0.113. The van der Waals surface area contributed by atoms with Crippen LogP contribution in [0.5, 0.6) is 0 Å². The van der Waals surface area contributed by atoms with E-state index in [0.29, 0.717) is 5.57 Å². The molecule has 0 bridgehead atoms. The van der Waals surface area contributed by atoms with Crippen molar-refractivity contribution in [1.29, 1.82) is 0 Å². The summed E-state index contributed by atoms with van der Waals surface area (Å²) in [5.41, 5.74) is 0.398. The number of unbranched alkanes of at least 4 members (excludes halogenated alkanes) is 4. The number of carbonyl (C=O) groups is 1. The third-order valence-electron chi connectivity index (χ3n) is 3.35. The highest BCUT2D eigenvalue weighted by Crippen LogP contribution is 2.15. The standard InChI is InChI=1S/C17H24O3S/c1-3-4-5-6-8-11-16(15(2)18)14-21(19,20)17-12-9-7-10-13-17/h7,9-13H,3-6,8,14H2,1-2H3/b16-11+. The second kappa shape index (κ2) is 8.78. The van der Waals surface area contributed by atoms with Crippen LogP contribution in [-0.4, -0.2) is 20.0 Å². The second-order valence-corrected chi connectivity index (χ2v) is 7.20. The summed E-state index contributed by atoms with van der Waals surface area (Å²) < 4.78 is 24.6. The fraction of sp³-hybridized carbons (Fsp3) is 0.471. The van der Waals surface area contributed by atoms with E-state index in [1.807, 2.05) is 0 Å². The number of sulfone groups is 1. The molecule has 4 heteroatoms. The summed E-state index contributed by atoms with van der Waals surface area (Å²) in [6.45, 7) is 3.57. The first-order valence-electron chi connectivity index (χ1n) is 7.45. The van der Waals surface area contributed by atoms with E-state index in [9.17, 15) is 13.2 Å². The van der Waals surface area contributed by atoms with Crippen LogP contribution in [0.15, 0.2) is 46.9 Å². The predicted molar refractivity (Wildman–Crippen MR) is 86.0 cm³/mol. The van der Waals surface area contributed by atoms with Crippen LogP contribution >= 0.6 is 0 Å². The fourth-order valence-electron chi connectivity index (χ4n) is 2.07. The Labute approximate surface area is 128 Å². The highest BCUT2D eigenvalue weighted by molar-refractivity contribution is 7.91. The van der Waals surface area contributed by atoms with Gasteiger partial charge in [0.1, 0.15) is 0 Å². The van der Waals surface area contributed by atoms with E-state index in [1.165, 1.54) is 13.3 Å². The zero-order valence-corrected chi connectivity index (χ0v) is 13.7. The quantitative estimate of drug-likeness (QED) is 0.513. The molecule has 1 aromatic rings. The summed E-state index contributed by atoms with van der Waals surface area (Å²) in [6, 6.07) is 8.28. The van der Waals surface area contributed by atoms with Crippen LogP contribution < -0.4 is 0 Å². The Bertz CT molecular complexity index is 571. The van der Waals surface area contributed by atoms with E-state index >= 15 is 0 Å². The Balaban J connectivity index is 2.74. The van der Waals surface area contributed by atoms with Crippen molar-refractivity contribution in [3.63, 3.8) is 0 Å². The molecule has 0 aliphatic rings. The Morgan fingerprint density at radius 1 is 1.10 bits per heavy atom. The lowest BCUT2D eigenvalue weighted by Gasteiger charge is -2.06. The van der Waals surface area contributed by atoms with Crippen LogP contribution in [0, 0.1) is 0 Å². The summed E-state index contributed by atoms with van der Waals surface area (Å²) in [6.07, 6.45) is 6.99. The zero-order valence-electron chi connectivity index (χ0n) is 12.8. The number of hydrogen-bond acceptors (Lipinski definition) is 3. The van der Waals surface area contributed by atoms with Gasteiger partial charge in [-0.1, -0.05) is 50.5 Å². The monoisotopic (exact) mass is 308 g/mol. The lowest BCUT2D eigenvalue weighted by Crippen LogP contribution is -2.13. The van der Waals surface area contributed by atoms with E-state index in [4.69, 9.17) is 0 Å². The average molecular weight is 308 g/mol. The largest absolute Gasteiger partial charge is 0.295 e. The first-order chi connectivity index (χ1) is 9.97. The molecule has 21 heavy (non-hydrogen) atoms. The third-order valence-corrected chi connectivity index (χ3v) is 5.03. The fourth-order valence-corrected chi connectivity index (χ4v) is 3.54. The van der Waals surface area contributed by atoms with E-state index in [1.54, 1.807) is 36.4 Å². The van der Waals surface area contributed by atoms with E-state index < -0.39 is 9.84 Å². The predicted octanol–water partition coefficient (Wildman–Crippen LogP) is 3.95. The molecule has 0 saturated carbocycles. The van der Waals surface area contributed by atoms with Crippen molar-refractivity contribution in [2.24, 2.45) is 0 Å². The molecule has 116 valence electrons. The number of allylic oxidation sites excluding steroid dienone is 1. The van der Waals surface area contributed by atoms with Crippen LogP contribution in [0.25, 0.3) is 0 Å². The molecular weight excluding hydrogens is 284 g/mol. The summed E-state index contributed by atoms with van der Waals surface area (Å²) in [5, 5.41) is 0. The average Bonchev–Trinajstić information content (AvgIpc) is 2.46. The van der Waals surface area contributed by atoms with Gasteiger partial charge >= 0.3 is 0 Å². The zero-order chi connectivity index (χ0) is 15.7. The normalized spacial score (nSPS) is 12.4. The van der Waals surface area contributed by atoms with Crippen molar-refractivity contribution in [3.8, 4) is 0 Å². The molecule has 0 radical (unpaired) electrons. The second-order valence-electron chi connectivity index (χ2n) is 5.21. The van der Waals surface area contributed by atoms with Crippen LogP contribution in [0.1, 0.15) is 46.0 Å². The van der Waals surface area contributed by atoms with Gasteiger partial charge in [-0.3, -0.25) is 4.79 Å². The summed E-state index contributed by atoms with van der Waals surface area (Å²) >= 11 is 0. The number of Topliss-reactive ketones (excluding diaryl/α,β-unsaturated/α-hetero) is 1. The minimum absolute atomic E-state index is 0.162. The van der Waals surface area contributed by atoms with Gasteiger partial charge in [-0.25, -0.2) is 8.42 Å². The van der Waals surface area contributed by atoms with Crippen LogP contribution in [0.3, 0.4) is 0 Å². The third kappa shape index (κ3) is 6.25. The molecule has 0 amide bonds. The van der Waals surface area contributed by atoms with Crippen LogP contribution in [0.2, 0.25) is 0 Å². The molecule has 0 N–H and O–H groups in total. The molecule has 0 aliphatic carbocycles. The van der Waals surface area contributed by atoms with Gasteiger partial charge in [0.25, 0.3) is 0 Å². The highest BCUT2D eigenvalue weighted by atomic mass is 32.2. The molecule has 0 aromatic heterocycles. The molecule has 1 aromatic carbocycles. The van der Waals surface area contributed by atoms with Gasteiger partial charge in [-0.2, -0.15) is 0 Å². The maximum absolute atomic E-state index is 12.3. The first-order valence-corrected chi connectivity index (χ1v) is 9.10. The van der Waals surface area contributed by atoms with Gasteiger partial charge in [-0.15, -0.1) is 0 Å². The number of carbonyl (C=O) groups excluding carboxylic acids is 1. The number of rotatable bonds is 9. The molecule has 0 spiro atoms. The van der Waals surface area contributed by atoms with Crippen LogP contribution in [0.4, 0.5) is 0 Å². The number of ketones is 1. The number of benzene rings is 1. The molecule has 0 saturated heterocycles. The molecule has 0 aliphatic heterocycles. The van der Waals surface area contributed by atoms with Gasteiger partial charge in [0.2, 0.25) is 0 Å². The SMILES string of the molecule is CCCCCC/C=C(\CS(=O)(=O)c1ccccc1)C(C)=O. The van der Waals surface area contributed by atoms with E-state index in [-0.39, 0.29) is 16.4 Å². The molecule has 3 nitrogen and oxygen atoms in total. The molecule has 0 unspecified atom stereocenters.